The van der Waals surface area contributed by atoms with E-state index in [9.17, 15) is 14.4 Å². The number of amides is 4. The van der Waals surface area contributed by atoms with Crippen molar-refractivity contribution in [1.29, 1.82) is 0 Å². The molecule has 3 aliphatic heterocycles. The first kappa shape index (κ1) is 42.2. The number of rotatable bonds is 11. The largest absolute Gasteiger partial charge is 0.372 e. The molecular formula is C45H53FN12O4. The number of piperidine rings is 1. The van der Waals surface area contributed by atoms with Crippen molar-refractivity contribution in [3.05, 3.63) is 95.8 Å². The van der Waals surface area contributed by atoms with Gasteiger partial charge in [-0.25, -0.2) is 24.1 Å². The van der Waals surface area contributed by atoms with Gasteiger partial charge in [0.25, 0.3) is 0 Å². The molecule has 8 rings (SSSR count). The lowest BCUT2D eigenvalue weighted by molar-refractivity contribution is -0.120. The summed E-state index contributed by atoms with van der Waals surface area (Å²) in [7, 11) is 0. The minimum absolute atomic E-state index is 0.0205. The highest BCUT2D eigenvalue weighted by Gasteiger charge is 2.28. The highest BCUT2D eigenvalue weighted by atomic mass is 19.1. The number of pyridine rings is 1. The minimum atomic E-state index is -0.598. The van der Waals surface area contributed by atoms with Crippen LogP contribution in [-0.2, 0) is 10.2 Å². The van der Waals surface area contributed by atoms with Crippen LogP contribution in [0, 0.1) is 18.7 Å². The fourth-order valence-electron chi connectivity index (χ4n) is 8.27. The van der Waals surface area contributed by atoms with Gasteiger partial charge in [0.1, 0.15) is 17.8 Å². The Balaban J connectivity index is 0.797. The maximum Gasteiger partial charge on any atom is 0.328 e. The van der Waals surface area contributed by atoms with E-state index in [1.165, 1.54) is 6.33 Å². The average Bonchev–Trinajstić information content (AvgIpc) is 3.78. The fourth-order valence-corrected chi connectivity index (χ4v) is 8.27. The SMILES string of the molecule is Cc1cc(-c2ncnc(Nc3ccc(N4CCN(CC5CCN(c6ccc(N7CCC(=O)NC7=O)cc6)CC5)CC4)cn3)c2F)ccc1C(C)NC(=O)c1nc(C(C)(C)C)no1. The van der Waals surface area contributed by atoms with E-state index in [1.807, 2.05) is 77.2 Å². The zero-order valence-electron chi connectivity index (χ0n) is 35.8. The first-order chi connectivity index (χ1) is 29.8. The molecule has 0 aliphatic carbocycles. The Kier molecular flexibility index (Phi) is 12.2. The second-order valence-electron chi connectivity index (χ2n) is 17.3. The van der Waals surface area contributed by atoms with Crippen molar-refractivity contribution in [2.45, 2.75) is 65.3 Å². The third-order valence-corrected chi connectivity index (χ3v) is 11.9. The molecule has 6 heterocycles. The summed E-state index contributed by atoms with van der Waals surface area (Å²) in [5.74, 6) is 0.177. The van der Waals surface area contributed by atoms with Gasteiger partial charge >= 0.3 is 17.8 Å². The molecule has 2 aromatic carbocycles. The first-order valence-corrected chi connectivity index (χ1v) is 21.2. The predicted molar refractivity (Wildman–Crippen MR) is 234 cm³/mol. The predicted octanol–water partition coefficient (Wildman–Crippen LogP) is 6.39. The lowest BCUT2D eigenvalue weighted by Gasteiger charge is -2.40. The molecule has 16 nitrogen and oxygen atoms in total. The molecule has 0 radical (unpaired) electrons. The van der Waals surface area contributed by atoms with Gasteiger partial charge in [-0.2, -0.15) is 4.98 Å². The van der Waals surface area contributed by atoms with Gasteiger partial charge in [0.05, 0.1) is 17.9 Å². The summed E-state index contributed by atoms with van der Waals surface area (Å²) in [6.07, 6.45) is 5.70. The maximum atomic E-state index is 15.9. The van der Waals surface area contributed by atoms with E-state index in [-0.39, 0.29) is 40.8 Å². The number of imide groups is 1. The Bertz CT molecular complexity index is 2400. The van der Waals surface area contributed by atoms with Gasteiger partial charge in [-0.15, -0.1) is 0 Å². The highest BCUT2D eigenvalue weighted by Crippen LogP contribution is 2.31. The van der Waals surface area contributed by atoms with Crippen LogP contribution in [0.2, 0.25) is 0 Å². The van der Waals surface area contributed by atoms with E-state index < -0.39 is 11.7 Å². The number of anilines is 5. The van der Waals surface area contributed by atoms with Crippen LogP contribution in [0.5, 0.6) is 0 Å². The monoisotopic (exact) mass is 844 g/mol. The molecule has 324 valence electrons. The quantitative estimate of drug-likeness (QED) is 0.134. The summed E-state index contributed by atoms with van der Waals surface area (Å²) < 4.78 is 21.1. The summed E-state index contributed by atoms with van der Waals surface area (Å²) in [5.41, 5.74) is 5.02. The van der Waals surface area contributed by atoms with Gasteiger partial charge in [-0.1, -0.05) is 38.1 Å². The number of hydrogen-bond donors (Lipinski definition) is 3. The molecule has 1 unspecified atom stereocenters. The van der Waals surface area contributed by atoms with Crippen LogP contribution in [0.15, 0.2) is 71.6 Å². The summed E-state index contributed by atoms with van der Waals surface area (Å²) in [5, 5.41) is 12.3. The van der Waals surface area contributed by atoms with Gasteiger partial charge in [0.15, 0.2) is 17.5 Å². The van der Waals surface area contributed by atoms with E-state index in [0.29, 0.717) is 36.1 Å². The number of nitrogens with one attached hydrogen (secondary N) is 3. The number of carbonyl (C=O) groups excluding carboxylic acids is 3. The molecule has 17 heteroatoms. The number of piperazine rings is 1. The van der Waals surface area contributed by atoms with E-state index in [1.54, 1.807) is 11.0 Å². The van der Waals surface area contributed by atoms with E-state index in [2.05, 4.69) is 67.9 Å². The average molecular weight is 845 g/mol. The smallest absolute Gasteiger partial charge is 0.328 e. The van der Waals surface area contributed by atoms with Gasteiger partial charge in [0.2, 0.25) is 5.91 Å². The number of carbonyl (C=O) groups is 3. The second kappa shape index (κ2) is 17.8. The van der Waals surface area contributed by atoms with Crippen molar-refractivity contribution in [1.82, 2.24) is 40.6 Å². The normalized spacial score (nSPS) is 17.2. The Labute approximate surface area is 360 Å². The molecule has 5 aromatic rings. The topological polar surface area (TPSA) is 178 Å². The number of benzene rings is 2. The number of aromatic nitrogens is 5. The molecule has 62 heavy (non-hydrogen) atoms. The lowest BCUT2D eigenvalue weighted by atomic mass is 9.95. The number of aryl methyl sites for hydroxylation is 1. The number of halogens is 1. The van der Waals surface area contributed by atoms with E-state index in [4.69, 9.17) is 4.52 Å². The van der Waals surface area contributed by atoms with Crippen LogP contribution < -0.4 is 30.7 Å². The third-order valence-electron chi connectivity index (χ3n) is 11.9. The van der Waals surface area contributed by atoms with Gasteiger partial charge in [0, 0.05) is 81.1 Å². The molecular weight excluding hydrogens is 792 g/mol. The molecule has 4 amide bonds. The van der Waals surface area contributed by atoms with Crippen LogP contribution in [0.1, 0.15) is 80.6 Å². The van der Waals surface area contributed by atoms with Gasteiger partial charge in [-0.3, -0.25) is 24.7 Å². The zero-order chi connectivity index (χ0) is 43.5. The van der Waals surface area contributed by atoms with Gasteiger partial charge < -0.3 is 25.0 Å². The van der Waals surface area contributed by atoms with E-state index >= 15 is 4.39 Å². The first-order valence-electron chi connectivity index (χ1n) is 21.2. The summed E-state index contributed by atoms with van der Waals surface area (Å²) >= 11 is 0. The molecule has 0 saturated carbocycles. The molecule has 0 spiro atoms. The van der Waals surface area contributed by atoms with Crippen LogP contribution in [0.3, 0.4) is 0 Å². The summed E-state index contributed by atoms with van der Waals surface area (Å²) in [4.78, 5) is 62.8. The van der Waals surface area contributed by atoms with Crippen molar-refractivity contribution in [3.8, 4) is 11.3 Å². The lowest BCUT2D eigenvalue weighted by Crippen LogP contribution is -2.49. The molecule has 3 aliphatic rings. The molecule has 3 aromatic heterocycles. The molecule has 3 saturated heterocycles. The number of hydrogen-bond acceptors (Lipinski definition) is 13. The number of nitrogens with zero attached hydrogens (tertiary/aromatic N) is 9. The minimum Gasteiger partial charge on any atom is -0.372 e. The maximum absolute atomic E-state index is 15.9. The van der Waals surface area contributed by atoms with Crippen molar-refractivity contribution < 1.29 is 23.3 Å². The molecule has 0 bridgehead atoms. The van der Waals surface area contributed by atoms with E-state index in [0.717, 1.165) is 86.8 Å². The van der Waals surface area contributed by atoms with Gasteiger partial charge in [-0.05, 0) is 86.2 Å². The van der Waals surface area contributed by atoms with Crippen LogP contribution in [0.25, 0.3) is 11.3 Å². The van der Waals surface area contributed by atoms with Crippen molar-refractivity contribution in [2.75, 3.05) is 72.4 Å². The second-order valence-corrected chi connectivity index (χ2v) is 17.3. The van der Waals surface area contributed by atoms with Crippen molar-refractivity contribution >= 4 is 46.5 Å². The van der Waals surface area contributed by atoms with Crippen LogP contribution >= 0.6 is 0 Å². The Morgan fingerprint density at radius 2 is 1.61 bits per heavy atom. The summed E-state index contributed by atoms with van der Waals surface area (Å²) in [6, 6.07) is 16.6. The summed E-state index contributed by atoms with van der Waals surface area (Å²) in [6.45, 7) is 16.8. The van der Waals surface area contributed by atoms with Crippen LogP contribution in [-0.4, -0.2) is 100 Å². The highest BCUT2D eigenvalue weighted by molar-refractivity contribution is 6.05. The third kappa shape index (κ3) is 9.52. The fraction of sp³-hybridized carbons (Fsp3) is 0.422. The Hall–Kier alpha value is -6.49. The van der Waals surface area contributed by atoms with Crippen LogP contribution in [0.4, 0.5) is 37.9 Å². The van der Waals surface area contributed by atoms with Crippen molar-refractivity contribution in [2.24, 2.45) is 5.92 Å². The Morgan fingerprint density at radius 3 is 2.27 bits per heavy atom. The zero-order valence-corrected chi connectivity index (χ0v) is 35.8. The molecule has 3 N–H and O–H groups in total. The Morgan fingerprint density at radius 1 is 0.903 bits per heavy atom. The standard InChI is InChI=1S/C45H53FN12O4/c1-28-24-31(6-12-35(28)29(2)50-41(60)42-53-43(54-62-42)45(3,4)5)39-38(46)40(49-27-48-39)51-36-13-11-34(25-47-36)57-22-20-55(21-23-57)26-30-14-17-56(18-15-30)32-7-9-33(10-8-32)58-19-16-37(59)52-44(58)61/h6-13,24-25,27,29-30H,14-23,26H2,1-5H3,(H,50,60)(H,52,59,61)(H,47,48,49,51). The van der Waals surface area contributed by atoms with Crippen molar-refractivity contribution in [3.63, 3.8) is 0 Å². The molecule has 3 fully saturated rings. The number of urea groups is 1. The molecule has 1 atom stereocenters.